The maximum absolute atomic E-state index is 12.5. The fourth-order valence-corrected chi connectivity index (χ4v) is 3.85. The fourth-order valence-electron chi connectivity index (χ4n) is 2.73. The van der Waals surface area contributed by atoms with E-state index in [4.69, 9.17) is 20.8 Å². The minimum absolute atomic E-state index is 0.0999. The number of carbonyl (C=O) groups excluding carboxylic acids is 1. The Hall–Kier alpha value is -2.29. The van der Waals surface area contributed by atoms with Crippen molar-refractivity contribution in [3.05, 3.63) is 53.4 Å². The second-order valence-electron chi connectivity index (χ2n) is 6.34. The molecule has 3 rings (SSSR count). The van der Waals surface area contributed by atoms with E-state index < -0.39 is 0 Å². The van der Waals surface area contributed by atoms with Crippen LogP contribution in [-0.2, 0) is 22.6 Å². The monoisotopic (exact) mass is 434 g/mol. The molecule has 0 radical (unpaired) electrons. The minimum Gasteiger partial charge on any atom is -0.467 e. The van der Waals surface area contributed by atoms with Crippen molar-refractivity contribution < 1.29 is 13.9 Å². The number of aromatic nitrogens is 3. The zero-order valence-electron chi connectivity index (χ0n) is 16.3. The molecule has 0 spiro atoms. The molecule has 0 bridgehead atoms. The number of rotatable bonds is 10. The van der Waals surface area contributed by atoms with Gasteiger partial charge in [-0.25, -0.2) is 0 Å². The lowest BCUT2D eigenvalue weighted by Gasteiger charge is -2.14. The smallest absolute Gasteiger partial charge is 0.233 e. The second kappa shape index (κ2) is 10.5. The summed E-state index contributed by atoms with van der Waals surface area (Å²) < 4.78 is 12.4. The summed E-state index contributed by atoms with van der Waals surface area (Å²) in [7, 11) is 1.67. The molecule has 0 aliphatic rings. The van der Waals surface area contributed by atoms with E-state index >= 15 is 0 Å². The first-order chi connectivity index (χ1) is 14.1. The van der Waals surface area contributed by atoms with Gasteiger partial charge in [-0.05, 0) is 37.6 Å². The minimum atomic E-state index is -0.352. The predicted octanol–water partition coefficient (Wildman–Crippen LogP) is 4.03. The van der Waals surface area contributed by atoms with Gasteiger partial charge in [0.2, 0.25) is 5.91 Å². The molecular formula is C20H23ClN4O3S. The number of ether oxygens (including phenoxy) is 1. The number of amides is 1. The Morgan fingerprint density at radius 1 is 1.31 bits per heavy atom. The van der Waals surface area contributed by atoms with Crippen LogP contribution in [0.1, 0.15) is 19.1 Å². The summed E-state index contributed by atoms with van der Waals surface area (Å²) in [6, 6.07) is 11.1. The van der Waals surface area contributed by atoms with Crippen LogP contribution < -0.4 is 5.32 Å². The van der Waals surface area contributed by atoms with Crippen LogP contribution in [0.3, 0.4) is 0 Å². The van der Waals surface area contributed by atoms with Crippen LogP contribution >= 0.6 is 23.4 Å². The molecule has 7 nitrogen and oxygen atoms in total. The molecule has 1 N–H and O–H groups in total. The topological polar surface area (TPSA) is 82.2 Å². The molecule has 1 amide bonds. The summed E-state index contributed by atoms with van der Waals surface area (Å²) in [6.07, 6.45) is 2.37. The van der Waals surface area contributed by atoms with Crippen LogP contribution in [-0.4, -0.2) is 39.6 Å². The molecule has 0 saturated heterocycles. The lowest BCUT2D eigenvalue weighted by atomic mass is 10.2. The Balaban J connectivity index is 1.75. The first-order valence-corrected chi connectivity index (χ1v) is 10.5. The SMILES string of the molecule is COCCCn1c(SC(C)C(=O)NCc2ccco2)nnc1-c1ccccc1Cl. The highest BCUT2D eigenvalue weighted by molar-refractivity contribution is 8.00. The summed E-state index contributed by atoms with van der Waals surface area (Å²) in [5, 5.41) is 12.5. The molecule has 1 unspecified atom stereocenters. The largest absolute Gasteiger partial charge is 0.467 e. The van der Waals surface area contributed by atoms with E-state index in [1.54, 1.807) is 19.4 Å². The van der Waals surface area contributed by atoms with E-state index in [1.807, 2.05) is 41.8 Å². The van der Waals surface area contributed by atoms with Crippen LogP contribution in [0.5, 0.6) is 0 Å². The molecule has 0 fully saturated rings. The third kappa shape index (κ3) is 5.62. The summed E-state index contributed by atoms with van der Waals surface area (Å²) in [5.41, 5.74) is 0.806. The number of carbonyl (C=O) groups is 1. The quantitative estimate of drug-likeness (QED) is 0.383. The van der Waals surface area contributed by atoms with Gasteiger partial charge in [-0.3, -0.25) is 4.79 Å². The number of halogens is 1. The molecule has 0 aliphatic carbocycles. The van der Waals surface area contributed by atoms with Crippen molar-refractivity contribution in [1.29, 1.82) is 0 Å². The number of hydrogen-bond donors (Lipinski definition) is 1. The molecule has 0 saturated carbocycles. The van der Waals surface area contributed by atoms with Crippen molar-refractivity contribution in [2.75, 3.05) is 13.7 Å². The van der Waals surface area contributed by atoms with E-state index in [0.29, 0.717) is 41.5 Å². The summed E-state index contributed by atoms with van der Waals surface area (Å²) in [4.78, 5) is 12.5. The number of benzene rings is 1. The van der Waals surface area contributed by atoms with Crippen LogP contribution in [0.25, 0.3) is 11.4 Å². The molecule has 29 heavy (non-hydrogen) atoms. The molecule has 2 heterocycles. The van der Waals surface area contributed by atoms with Crippen molar-refractivity contribution in [1.82, 2.24) is 20.1 Å². The van der Waals surface area contributed by atoms with Gasteiger partial charge in [0.15, 0.2) is 11.0 Å². The van der Waals surface area contributed by atoms with E-state index in [9.17, 15) is 4.79 Å². The number of methoxy groups -OCH3 is 1. The Morgan fingerprint density at radius 2 is 2.14 bits per heavy atom. The van der Waals surface area contributed by atoms with Crippen molar-refractivity contribution in [2.24, 2.45) is 0 Å². The molecule has 2 aromatic heterocycles. The first kappa shape index (κ1) is 21.4. The first-order valence-electron chi connectivity index (χ1n) is 9.24. The van der Waals surface area contributed by atoms with E-state index in [-0.39, 0.29) is 11.2 Å². The molecule has 9 heteroatoms. The van der Waals surface area contributed by atoms with Crippen LogP contribution in [0.15, 0.2) is 52.2 Å². The molecular weight excluding hydrogens is 412 g/mol. The number of furan rings is 1. The van der Waals surface area contributed by atoms with E-state index in [1.165, 1.54) is 11.8 Å². The fraction of sp³-hybridized carbons (Fsp3) is 0.350. The number of nitrogens with one attached hydrogen (secondary N) is 1. The Kier molecular flexibility index (Phi) is 7.74. The van der Waals surface area contributed by atoms with Crippen molar-refractivity contribution in [3.63, 3.8) is 0 Å². The Labute approximate surface area is 178 Å². The van der Waals surface area contributed by atoms with Gasteiger partial charge in [-0.15, -0.1) is 10.2 Å². The van der Waals surface area contributed by atoms with E-state index in [2.05, 4.69) is 15.5 Å². The summed E-state index contributed by atoms with van der Waals surface area (Å²) >= 11 is 7.72. The predicted molar refractivity (Wildman–Crippen MR) is 113 cm³/mol. The van der Waals surface area contributed by atoms with Gasteiger partial charge in [0.25, 0.3) is 0 Å². The lowest BCUT2D eigenvalue weighted by molar-refractivity contribution is -0.120. The zero-order chi connectivity index (χ0) is 20.6. The average molecular weight is 435 g/mol. The molecule has 0 aliphatic heterocycles. The number of hydrogen-bond acceptors (Lipinski definition) is 6. The zero-order valence-corrected chi connectivity index (χ0v) is 17.9. The van der Waals surface area contributed by atoms with Gasteiger partial charge < -0.3 is 19.0 Å². The molecule has 3 aromatic rings. The summed E-state index contributed by atoms with van der Waals surface area (Å²) in [5.74, 6) is 1.29. The third-order valence-electron chi connectivity index (χ3n) is 4.23. The number of nitrogens with zero attached hydrogens (tertiary/aromatic N) is 3. The van der Waals surface area contributed by atoms with Crippen molar-refractivity contribution >= 4 is 29.3 Å². The highest BCUT2D eigenvalue weighted by atomic mass is 35.5. The van der Waals surface area contributed by atoms with Gasteiger partial charge in [-0.2, -0.15) is 0 Å². The van der Waals surface area contributed by atoms with Crippen molar-refractivity contribution in [3.8, 4) is 11.4 Å². The Bertz CT molecular complexity index is 930. The summed E-state index contributed by atoms with van der Waals surface area (Å²) in [6.45, 7) is 3.46. The van der Waals surface area contributed by atoms with Gasteiger partial charge in [0.1, 0.15) is 5.76 Å². The number of thioether (sulfide) groups is 1. The van der Waals surface area contributed by atoms with Crippen LogP contribution in [0.2, 0.25) is 5.02 Å². The average Bonchev–Trinajstić information content (AvgIpc) is 3.37. The maximum atomic E-state index is 12.5. The maximum Gasteiger partial charge on any atom is 0.233 e. The van der Waals surface area contributed by atoms with Crippen LogP contribution in [0.4, 0.5) is 0 Å². The van der Waals surface area contributed by atoms with E-state index in [0.717, 1.165) is 12.0 Å². The van der Waals surface area contributed by atoms with Gasteiger partial charge >= 0.3 is 0 Å². The standard InChI is InChI=1S/C20H23ClN4O3S/c1-14(19(26)22-13-15-7-5-12-28-15)29-20-24-23-18(25(20)10-6-11-27-2)16-8-3-4-9-17(16)21/h3-5,7-9,12,14H,6,10-11,13H2,1-2H3,(H,22,26). The highest BCUT2D eigenvalue weighted by Crippen LogP contribution is 2.31. The Morgan fingerprint density at radius 3 is 2.86 bits per heavy atom. The second-order valence-corrected chi connectivity index (χ2v) is 8.06. The van der Waals surface area contributed by atoms with Gasteiger partial charge in [0.05, 0.1) is 23.1 Å². The van der Waals surface area contributed by atoms with Gasteiger partial charge in [-0.1, -0.05) is 35.5 Å². The normalized spacial score (nSPS) is 12.1. The molecule has 1 aromatic carbocycles. The van der Waals surface area contributed by atoms with Crippen molar-refractivity contribution in [2.45, 2.75) is 36.8 Å². The highest BCUT2D eigenvalue weighted by Gasteiger charge is 2.21. The third-order valence-corrected chi connectivity index (χ3v) is 5.64. The lowest BCUT2D eigenvalue weighted by Crippen LogP contribution is -2.30. The van der Waals surface area contributed by atoms with Gasteiger partial charge in [0, 0.05) is 25.8 Å². The molecule has 154 valence electrons. The van der Waals surface area contributed by atoms with Crippen LogP contribution in [0, 0.1) is 0 Å². The molecule has 1 atom stereocenters.